The van der Waals surface area contributed by atoms with E-state index < -0.39 is 0 Å². The van der Waals surface area contributed by atoms with Crippen LogP contribution in [0.1, 0.15) is 28.1 Å². The van der Waals surface area contributed by atoms with Crippen LogP contribution in [-0.2, 0) is 19.4 Å². The second-order valence-corrected chi connectivity index (χ2v) is 5.40. The van der Waals surface area contributed by atoms with Gasteiger partial charge < -0.3 is 5.11 Å². The van der Waals surface area contributed by atoms with Crippen LogP contribution in [0.3, 0.4) is 0 Å². The topological polar surface area (TPSA) is 33.1 Å². The number of aliphatic hydroxyl groups excluding tert-OH is 1. The van der Waals surface area contributed by atoms with Crippen molar-refractivity contribution in [2.75, 3.05) is 0 Å². The van der Waals surface area contributed by atoms with E-state index in [0.717, 1.165) is 33.4 Å². The summed E-state index contributed by atoms with van der Waals surface area (Å²) in [6.07, 6.45) is 1.67. The van der Waals surface area contributed by atoms with Gasteiger partial charge in [-0.1, -0.05) is 30.7 Å². The monoisotopic (exact) mass is 267 g/mol. The zero-order valence-corrected chi connectivity index (χ0v) is 11.2. The van der Waals surface area contributed by atoms with Gasteiger partial charge in [0.2, 0.25) is 0 Å². The Kier molecular flexibility index (Phi) is 4.15. The van der Waals surface area contributed by atoms with E-state index >= 15 is 0 Å². The van der Waals surface area contributed by atoms with Crippen LogP contribution in [0.15, 0.2) is 24.3 Å². The molecule has 2 aromatic rings. The molecule has 0 fully saturated rings. The van der Waals surface area contributed by atoms with Crippen molar-refractivity contribution in [1.82, 2.24) is 4.98 Å². The zero-order chi connectivity index (χ0) is 12.3. The summed E-state index contributed by atoms with van der Waals surface area (Å²) < 4.78 is 0. The molecule has 0 unspecified atom stereocenters. The second-order valence-electron chi connectivity index (χ2n) is 3.79. The molecule has 17 heavy (non-hydrogen) atoms. The molecule has 0 atom stereocenters. The number of aromatic nitrogens is 1. The number of hydrogen-bond donors (Lipinski definition) is 1. The average Bonchev–Trinajstić information content (AvgIpc) is 2.74. The van der Waals surface area contributed by atoms with Crippen LogP contribution in [0.4, 0.5) is 0 Å². The first kappa shape index (κ1) is 12.6. The molecular formula is C13H14ClNOS. The van der Waals surface area contributed by atoms with Gasteiger partial charge in [0.1, 0.15) is 0 Å². The summed E-state index contributed by atoms with van der Waals surface area (Å²) in [5.41, 5.74) is 2.21. The highest BCUT2D eigenvalue weighted by molar-refractivity contribution is 7.11. The van der Waals surface area contributed by atoms with E-state index in [1.807, 2.05) is 24.3 Å². The number of thiazole rings is 1. The standard InChI is InChI=1S/C13H14ClNOS/c1-2-11-12(8-16)17-13(15-11)7-9-3-5-10(14)6-4-9/h3-6,16H,2,7-8H2,1H3. The predicted molar refractivity (Wildman–Crippen MR) is 71.7 cm³/mol. The first-order chi connectivity index (χ1) is 8.22. The van der Waals surface area contributed by atoms with Crippen LogP contribution in [0.25, 0.3) is 0 Å². The van der Waals surface area contributed by atoms with Gasteiger partial charge >= 0.3 is 0 Å². The highest BCUT2D eigenvalue weighted by Crippen LogP contribution is 2.22. The Balaban J connectivity index is 2.18. The molecule has 1 aromatic heterocycles. The maximum Gasteiger partial charge on any atom is 0.0975 e. The van der Waals surface area contributed by atoms with E-state index in [9.17, 15) is 5.11 Å². The second kappa shape index (κ2) is 5.63. The largest absolute Gasteiger partial charge is 0.391 e. The summed E-state index contributed by atoms with van der Waals surface area (Å²) in [6.45, 7) is 2.14. The summed E-state index contributed by atoms with van der Waals surface area (Å²) in [5, 5.41) is 11.0. The molecular weight excluding hydrogens is 254 g/mol. The minimum Gasteiger partial charge on any atom is -0.391 e. The zero-order valence-electron chi connectivity index (χ0n) is 9.61. The molecule has 1 aromatic carbocycles. The minimum atomic E-state index is 0.0848. The lowest BCUT2D eigenvalue weighted by Crippen LogP contribution is -1.89. The fourth-order valence-electron chi connectivity index (χ4n) is 1.69. The minimum absolute atomic E-state index is 0.0848. The quantitative estimate of drug-likeness (QED) is 0.921. The summed E-state index contributed by atoms with van der Waals surface area (Å²) in [7, 11) is 0. The van der Waals surface area contributed by atoms with Crippen molar-refractivity contribution in [2.24, 2.45) is 0 Å². The molecule has 0 saturated heterocycles. The smallest absolute Gasteiger partial charge is 0.0975 e. The lowest BCUT2D eigenvalue weighted by molar-refractivity contribution is 0.284. The van der Waals surface area contributed by atoms with Gasteiger partial charge in [0, 0.05) is 11.4 Å². The Bertz CT molecular complexity index is 471. The molecule has 4 heteroatoms. The van der Waals surface area contributed by atoms with Crippen molar-refractivity contribution < 1.29 is 5.11 Å². The number of aliphatic hydroxyl groups is 1. The number of aryl methyl sites for hydroxylation is 1. The van der Waals surface area contributed by atoms with Gasteiger partial charge in [-0.3, -0.25) is 0 Å². The molecule has 90 valence electrons. The predicted octanol–water partition coefficient (Wildman–Crippen LogP) is 3.44. The Labute approximate surface area is 110 Å². The first-order valence-corrected chi connectivity index (χ1v) is 6.75. The molecule has 0 radical (unpaired) electrons. The molecule has 0 spiro atoms. The summed E-state index contributed by atoms with van der Waals surface area (Å²) in [4.78, 5) is 5.53. The molecule has 0 aliphatic rings. The lowest BCUT2D eigenvalue weighted by atomic mass is 10.2. The highest BCUT2D eigenvalue weighted by Gasteiger charge is 2.09. The average molecular weight is 268 g/mol. The SMILES string of the molecule is CCc1nc(Cc2ccc(Cl)cc2)sc1CO. The van der Waals surface area contributed by atoms with E-state index in [-0.39, 0.29) is 6.61 Å². The van der Waals surface area contributed by atoms with E-state index in [0.29, 0.717) is 0 Å². The van der Waals surface area contributed by atoms with Crippen LogP contribution < -0.4 is 0 Å². The third-order valence-electron chi connectivity index (χ3n) is 2.57. The fourth-order valence-corrected chi connectivity index (χ4v) is 2.87. The summed E-state index contributed by atoms with van der Waals surface area (Å²) >= 11 is 7.43. The van der Waals surface area contributed by atoms with Gasteiger partial charge in [0.05, 0.1) is 22.2 Å². The summed E-state index contributed by atoms with van der Waals surface area (Å²) in [5.74, 6) is 0. The molecule has 0 bridgehead atoms. The molecule has 2 rings (SSSR count). The van der Waals surface area contributed by atoms with E-state index in [2.05, 4.69) is 11.9 Å². The molecule has 2 nitrogen and oxygen atoms in total. The Morgan fingerprint density at radius 3 is 2.53 bits per heavy atom. The van der Waals surface area contributed by atoms with Crippen molar-refractivity contribution in [1.29, 1.82) is 0 Å². The Morgan fingerprint density at radius 1 is 1.29 bits per heavy atom. The van der Waals surface area contributed by atoms with Crippen LogP contribution in [-0.4, -0.2) is 10.1 Å². The third-order valence-corrected chi connectivity index (χ3v) is 3.90. The van der Waals surface area contributed by atoms with Crippen molar-refractivity contribution in [3.63, 3.8) is 0 Å². The van der Waals surface area contributed by atoms with E-state index in [1.165, 1.54) is 5.56 Å². The molecule has 0 saturated carbocycles. The molecule has 0 amide bonds. The van der Waals surface area contributed by atoms with Crippen LogP contribution in [0.5, 0.6) is 0 Å². The molecule has 0 aliphatic heterocycles. The maximum absolute atomic E-state index is 9.22. The lowest BCUT2D eigenvalue weighted by Gasteiger charge is -1.97. The van der Waals surface area contributed by atoms with Gasteiger partial charge in [-0.2, -0.15) is 0 Å². The molecule has 1 heterocycles. The number of halogens is 1. The number of hydrogen-bond acceptors (Lipinski definition) is 3. The fraction of sp³-hybridized carbons (Fsp3) is 0.308. The third kappa shape index (κ3) is 3.06. The van der Waals surface area contributed by atoms with Crippen molar-refractivity contribution in [3.8, 4) is 0 Å². The van der Waals surface area contributed by atoms with Gasteiger partial charge in [-0.15, -0.1) is 11.3 Å². The Hall–Kier alpha value is -0.900. The maximum atomic E-state index is 9.22. The van der Waals surface area contributed by atoms with Crippen LogP contribution in [0.2, 0.25) is 5.02 Å². The van der Waals surface area contributed by atoms with Crippen LogP contribution in [0, 0.1) is 0 Å². The number of nitrogens with zero attached hydrogens (tertiary/aromatic N) is 1. The summed E-state index contributed by atoms with van der Waals surface area (Å²) in [6, 6.07) is 7.79. The van der Waals surface area contributed by atoms with Crippen molar-refractivity contribution >= 4 is 22.9 Å². The van der Waals surface area contributed by atoms with Crippen molar-refractivity contribution in [3.05, 3.63) is 50.4 Å². The van der Waals surface area contributed by atoms with Crippen LogP contribution >= 0.6 is 22.9 Å². The Morgan fingerprint density at radius 2 is 2.00 bits per heavy atom. The number of benzene rings is 1. The normalized spacial score (nSPS) is 10.8. The van der Waals surface area contributed by atoms with Gasteiger partial charge in [-0.05, 0) is 24.1 Å². The van der Waals surface area contributed by atoms with Gasteiger partial charge in [0.25, 0.3) is 0 Å². The van der Waals surface area contributed by atoms with E-state index in [4.69, 9.17) is 11.6 Å². The van der Waals surface area contributed by atoms with Crippen molar-refractivity contribution in [2.45, 2.75) is 26.4 Å². The van der Waals surface area contributed by atoms with Gasteiger partial charge in [-0.25, -0.2) is 4.98 Å². The van der Waals surface area contributed by atoms with E-state index in [1.54, 1.807) is 11.3 Å². The number of rotatable bonds is 4. The molecule has 1 N–H and O–H groups in total. The molecule has 0 aliphatic carbocycles. The van der Waals surface area contributed by atoms with Gasteiger partial charge in [0.15, 0.2) is 0 Å². The first-order valence-electron chi connectivity index (χ1n) is 5.55. The highest BCUT2D eigenvalue weighted by atomic mass is 35.5.